The number of hydrogen-bond donors (Lipinski definition) is 8. The van der Waals surface area contributed by atoms with Gasteiger partial charge in [-0.15, -0.1) is 0 Å². The highest BCUT2D eigenvalue weighted by Gasteiger charge is 2.43. The van der Waals surface area contributed by atoms with Crippen LogP contribution >= 0.6 is 7.82 Å². The molecule has 15 heteroatoms. The summed E-state index contributed by atoms with van der Waals surface area (Å²) in [4.78, 5) is 38.9. The number of aliphatic hydroxyl groups excluding tert-OH is 3. The first-order valence-electron chi connectivity index (χ1n) is 6.25. The maximum atomic E-state index is 10.8. The normalized spacial score (nSPS) is 18.0. The van der Waals surface area contributed by atoms with Crippen molar-refractivity contribution in [3.8, 4) is 0 Å². The number of carbonyl (C=O) groups is 2. The van der Waals surface area contributed by atoms with Crippen LogP contribution in [0.4, 0.5) is 0 Å². The summed E-state index contributed by atoms with van der Waals surface area (Å²) >= 11 is 0. The molecule has 1 aliphatic rings. The predicted octanol–water partition coefficient (Wildman–Crippen LogP) is -2.96. The summed E-state index contributed by atoms with van der Waals surface area (Å²) in [5, 5.41) is 41.7. The van der Waals surface area contributed by atoms with Gasteiger partial charge in [0.05, 0.1) is 6.61 Å². The number of rotatable bonds is 6. The fraction of sp³-hybridized carbons (Fsp3) is 0.500. The predicted molar refractivity (Wildman–Crippen MR) is 77.9 cm³/mol. The van der Waals surface area contributed by atoms with Crippen molar-refractivity contribution in [2.75, 3.05) is 20.2 Å². The molecule has 1 heterocycles. The summed E-state index contributed by atoms with van der Waals surface area (Å²) in [6, 6.07) is 0. The van der Waals surface area contributed by atoms with Crippen molar-refractivity contribution in [1.29, 1.82) is 5.41 Å². The first-order valence-corrected chi connectivity index (χ1v) is 7.78. The molecule has 0 aromatic carbocycles. The number of carboxylic acid groups (broad SMARTS) is 1. The third kappa shape index (κ3) is 7.82. The topological polar surface area (TPSA) is 244 Å². The summed E-state index contributed by atoms with van der Waals surface area (Å²) in [5.74, 6) is -4.59. The number of esters is 1. The second-order valence-electron chi connectivity index (χ2n) is 4.51. The highest BCUT2D eigenvalue weighted by atomic mass is 31.2. The number of aliphatic carboxylic acids is 1. The lowest BCUT2D eigenvalue weighted by atomic mass is 10.2. The van der Waals surface area contributed by atoms with Crippen LogP contribution in [0.25, 0.3) is 0 Å². The van der Waals surface area contributed by atoms with Crippen LogP contribution in [0.3, 0.4) is 0 Å². The van der Waals surface area contributed by atoms with E-state index in [9.17, 15) is 14.2 Å². The molecule has 0 spiro atoms. The maximum absolute atomic E-state index is 10.8. The van der Waals surface area contributed by atoms with Gasteiger partial charge in [-0.25, -0.2) is 9.36 Å². The number of hydrogen-bond acceptors (Lipinski definition) is 9. The van der Waals surface area contributed by atoms with Gasteiger partial charge in [-0.3, -0.25) is 20.0 Å². The van der Waals surface area contributed by atoms with Crippen LogP contribution in [-0.2, 0) is 23.4 Å². The average Bonchev–Trinajstić information content (AvgIpc) is 2.73. The number of phosphoric ester groups is 1. The molecule has 0 fully saturated rings. The molecule has 0 radical (unpaired) electrons. The Hall–Kier alpha value is -2.38. The molecule has 0 saturated heterocycles. The fourth-order valence-corrected chi connectivity index (χ4v) is 1.77. The minimum atomic E-state index is -5.01. The lowest BCUT2D eigenvalue weighted by Gasteiger charge is -2.18. The van der Waals surface area contributed by atoms with E-state index in [1.165, 1.54) is 7.05 Å². The molecule has 9 N–H and O–H groups in total. The van der Waals surface area contributed by atoms with E-state index >= 15 is 0 Å². The van der Waals surface area contributed by atoms with Gasteiger partial charge in [0.2, 0.25) is 11.5 Å². The summed E-state index contributed by atoms with van der Waals surface area (Å²) in [7, 11) is -3.57. The van der Waals surface area contributed by atoms with Crippen LogP contribution in [0, 0.1) is 5.41 Å². The quantitative estimate of drug-likeness (QED) is 0.0983. The molecule has 0 unspecified atom stereocenters. The number of aliphatic hydroxyl groups is 3. The first kappa shape index (κ1) is 22.6. The largest absolute Gasteiger partial charge is 0.524 e. The van der Waals surface area contributed by atoms with Crippen LogP contribution in [-0.4, -0.2) is 85.4 Å². The number of nitrogens with one attached hydrogen (secondary N) is 1. The maximum Gasteiger partial charge on any atom is 0.524 e. The number of phosphoric acid groups is 1. The SMILES string of the molecule is CN(CC(=O)O)C(=N)N.O=C1O[C@H]([C@@H](O)CO)C(OP(=O)(O)O)=C1O. The van der Waals surface area contributed by atoms with Crippen molar-refractivity contribution in [2.24, 2.45) is 5.73 Å². The van der Waals surface area contributed by atoms with E-state index in [4.69, 9.17) is 41.4 Å². The molecular weight excluding hydrogens is 369 g/mol. The number of likely N-dealkylation sites (N-methyl/N-ethyl adjacent to an activating group) is 1. The molecule has 0 amide bonds. The molecule has 25 heavy (non-hydrogen) atoms. The van der Waals surface area contributed by atoms with E-state index < -0.39 is 50.1 Å². The number of nitrogens with zero attached hydrogens (tertiary/aromatic N) is 1. The number of carbonyl (C=O) groups excluding carboxylic acids is 1. The van der Waals surface area contributed by atoms with Crippen LogP contribution < -0.4 is 5.73 Å². The van der Waals surface area contributed by atoms with E-state index in [1.54, 1.807) is 0 Å². The Labute approximate surface area is 140 Å². The third-order valence-electron chi connectivity index (χ3n) is 2.46. The van der Waals surface area contributed by atoms with Gasteiger partial charge in [0.25, 0.3) is 0 Å². The molecule has 0 saturated carbocycles. The van der Waals surface area contributed by atoms with Gasteiger partial charge in [0, 0.05) is 7.05 Å². The van der Waals surface area contributed by atoms with Gasteiger partial charge in [-0.1, -0.05) is 0 Å². The lowest BCUT2D eigenvalue weighted by molar-refractivity contribution is -0.147. The monoisotopic (exact) mass is 387 g/mol. The van der Waals surface area contributed by atoms with Crippen LogP contribution in [0.1, 0.15) is 0 Å². The Morgan fingerprint density at radius 2 is 2.04 bits per heavy atom. The minimum Gasteiger partial charge on any atom is -0.499 e. The smallest absolute Gasteiger partial charge is 0.499 e. The number of guanidine groups is 1. The van der Waals surface area contributed by atoms with Crippen molar-refractivity contribution in [3.63, 3.8) is 0 Å². The summed E-state index contributed by atoms with van der Waals surface area (Å²) in [5.41, 5.74) is 4.93. The van der Waals surface area contributed by atoms with E-state index in [-0.39, 0.29) is 12.5 Å². The Kier molecular flexibility index (Phi) is 8.32. The zero-order valence-electron chi connectivity index (χ0n) is 12.8. The van der Waals surface area contributed by atoms with Crippen molar-refractivity contribution < 1.29 is 53.6 Å². The highest BCUT2D eigenvalue weighted by Crippen LogP contribution is 2.42. The third-order valence-corrected chi connectivity index (χ3v) is 2.89. The molecule has 0 aromatic heterocycles. The molecule has 0 aliphatic carbocycles. The van der Waals surface area contributed by atoms with Crippen LogP contribution in [0.2, 0.25) is 0 Å². The molecule has 2 atom stereocenters. The van der Waals surface area contributed by atoms with E-state index in [0.29, 0.717) is 0 Å². The standard InChI is InChI=1S/C6H9O9P.C4H9N3O2/c7-1-2(8)4-5(15-16(11,12)13)3(9)6(10)14-4;1-7(4(5)6)2-3(8)9/h2,4,7-9H,1H2,(H2,11,12,13);2H2,1H3,(H3,5,6)(H,8,9)/t2-,4+;/m0./s1. The summed E-state index contributed by atoms with van der Waals surface area (Å²) in [6.07, 6.45) is -3.31. The second kappa shape index (κ2) is 9.19. The van der Waals surface area contributed by atoms with E-state index in [2.05, 4.69) is 9.26 Å². The van der Waals surface area contributed by atoms with Gasteiger partial charge in [0.15, 0.2) is 12.1 Å². The lowest BCUT2D eigenvalue weighted by Crippen LogP contribution is -2.36. The number of carboxylic acids is 1. The van der Waals surface area contributed by atoms with Crippen molar-refractivity contribution >= 4 is 25.7 Å². The van der Waals surface area contributed by atoms with Gasteiger partial charge in [-0.05, 0) is 0 Å². The van der Waals surface area contributed by atoms with Crippen molar-refractivity contribution in [3.05, 3.63) is 11.5 Å². The van der Waals surface area contributed by atoms with Crippen molar-refractivity contribution in [1.82, 2.24) is 4.90 Å². The Balaban J connectivity index is 0.000000547. The molecule has 144 valence electrons. The van der Waals surface area contributed by atoms with Crippen LogP contribution in [0.15, 0.2) is 11.5 Å². The fourth-order valence-electron chi connectivity index (χ4n) is 1.32. The van der Waals surface area contributed by atoms with E-state index in [0.717, 1.165) is 4.90 Å². The first-order chi connectivity index (χ1) is 11.3. The van der Waals surface area contributed by atoms with Gasteiger partial charge < -0.3 is 40.3 Å². The average molecular weight is 387 g/mol. The van der Waals surface area contributed by atoms with E-state index in [1.807, 2.05) is 0 Å². The summed E-state index contributed by atoms with van der Waals surface area (Å²) < 4.78 is 18.9. The molecule has 0 aromatic rings. The second-order valence-corrected chi connectivity index (χ2v) is 5.67. The van der Waals surface area contributed by atoms with Gasteiger partial charge in [-0.2, -0.15) is 0 Å². The molecule has 14 nitrogen and oxygen atoms in total. The Morgan fingerprint density at radius 3 is 2.36 bits per heavy atom. The molecular formula is C10H18N3O11P. The molecule has 0 bridgehead atoms. The molecule has 1 aliphatic heterocycles. The zero-order valence-corrected chi connectivity index (χ0v) is 13.7. The van der Waals surface area contributed by atoms with Crippen molar-refractivity contribution in [2.45, 2.75) is 12.2 Å². The number of cyclic esters (lactones) is 1. The van der Waals surface area contributed by atoms with Gasteiger partial charge in [0.1, 0.15) is 12.6 Å². The molecule has 1 rings (SSSR count). The Bertz CT molecular complexity index is 601. The minimum absolute atomic E-state index is 0.227. The van der Waals surface area contributed by atoms with Gasteiger partial charge >= 0.3 is 19.8 Å². The number of nitrogens with two attached hydrogens (primary N) is 1. The zero-order chi connectivity index (χ0) is 19.9. The van der Waals surface area contributed by atoms with Crippen LogP contribution in [0.5, 0.6) is 0 Å². The number of ether oxygens (including phenoxy) is 1. The summed E-state index contributed by atoms with van der Waals surface area (Å²) in [6.45, 7) is -1.07. The highest BCUT2D eigenvalue weighted by molar-refractivity contribution is 7.46. The Morgan fingerprint density at radius 1 is 1.52 bits per heavy atom.